The van der Waals surface area contributed by atoms with E-state index in [9.17, 15) is 9.59 Å². The number of nitrogens with zero attached hydrogens (tertiary/aromatic N) is 1. The average molecular weight is 288 g/mol. The number of hydrogen-bond acceptors (Lipinski definition) is 4. The lowest BCUT2D eigenvalue weighted by Gasteiger charge is -2.13. The Hall–Kier alpha value is -2.50. The van der Waals surface area contributed by atoms with Crippen LogP contribution >= 0.6 is 0 Å². The van der Waals surface area contributed by atoms with Gasteiger partial charge in [0.15, 0.2) is 0 Å². The Morgan fingerprint density at radius 3 is 2.62 bits per heavy atom. The average Bonchev–Trinajstić information content (AvgIpc) is 2.48. The van der Waals surface area contributed by atoms with E-state index in [1.165, 1.54) is 10.1 Å². The predicted octanol–water partition coefficient (Wildman–Crippen LogP) is 1.18. The van der Waals surface area contributed by atoms with Crippen LogP contribution < -0.4 is 22.3 Å². The van der Waals surface area contributed by atoms with Gasteiger partial charge in [0.05, 0.1) is 0 Å². The van der Waals surface area contributed by atoms with Crippen LogP contribution in [0.15, 0.2) is 39.9 Å². The summed E-state index contributed by atoms with van der Waals surface area (Å²) in [4.78, 5) is 25.8. The topological polar surface area (TPSA) is 92.9 Å². The summed E-state index contributed by atoms with van der Waals surface area (Å²) in [5, 5.41) is 3.03. The number of benzene rings is 1. The van der Waals surface area contributed by atoms with Gasteiger partial charge in [-0.2, -0.15) is 0 Å². The Bertz CT molecular complexity index is 704. The molecule has 0 saturated carbocycles. The lowest BCUT2D eigenvalue weighted by atomic mass is 10.1. The maximum absolute atomic E-state index is 11.8. The highest BCUT2D eigenvalue weighted by Gasteiger charge is 2.11. The summed E-state index contributed by atoms with van der Waals surface area (Å²) in [5.41, 5.74) is 6.42. The minimum Gasteiger partial charge on any atom is -0.383 e. The van der Waals surface area contributed by atoms with Gasteiger partial charge in [0, 0.05) is 13.1 Å². The first kappa shape index (κ1) is 14.9. The van der Waals surface area contributed by atoms with Crippen molar-refractivity contribution in [1.82, 2.24) is 9.55 Å². The number of rotatable bonds is 6. The Balaban J connectivity index is 2.14. The summed E-state index contributed by atoms with van der Waals surface area (Å²) in [7, 11) is 0. The van der Waals surface area contributed by atoms with Crippen molar-refractivity contribution in [2.45, 2.75) is 26.3 Å². The smallest absolute Gasteiger partial charge is 0.330 e. The largest absolute Gasteiger partial charge is 0.383 e. The second-order valence-corrected chi connectivity index (χ2v) is 4.83. The van der Waals surface area contributed by atoms with E-state index >= 15 is 0 Å². The number of aromatic nitrogens is 2. The molecule has 112 valence electrons. The van der Waals surface area contributed by atoms with Crippen LogP contribution in [0.5, 0.6) is 0 Å². The van der Waals surface area contributed by atoms with Crippen molar-refractivity contribution in [1.29, 1.82) is 0 Å². The summed E-state index contributed by atoms with van der Waals surface area (Å²) in [5.74, 6) is 0.193. The maximum atomic E-state index is 11.8. The van der Waals surface area contributed by atoms with Gasteiger partial charge in [-0.15, -0.1) is 0 Å². The van der Waals surface area contributed by atoms with Gasteiger partial charge in [0.1, 0.15) is 11.5 Å². The first-order valence-electron chi connectivity index (χ1n) is 7.04. The fourth-order valence-corrected chi connectivity index (χ4v) is 2.18. The molecule has 0 spiro atoms. The molecule has 6 nitrogen and oxygen atoms in total. The van der Waals surface area contributed by atoms with Gasteiger partial charge < -0.3 is 11.1 Å². The number of nitrogen functional groups attached to an aromatic ring is 1. The van der Waals surface area contributed by atoms with E-state index in [0.29, 0.717) is 13.1 Å². The normalized spacial score (nSPS) is 10.5. The first-order valence-corrected chi connectivity index (χ1v) is 7.04. The van der Waals surface area contributed by atoms with Crippen molar-refractivity contribution in [2.24, 2.45) is 0 Å². The molecule has 6 heteroatoms. The minimum atomic E-state index is -0.474. The van der Waals surface area contributed by atoms with E-state index in [4.69, 9.17) is 5.73 Å². The van der Waals surface area contributed by atoms with Gasteiger partial charge in [-0.05, 0) is 18.4 Å². The van der Waals surface area contributed by atoms with Crippen molar-refractivity contribution < 1.29 is 0 Å². The molecule has 0 radical (unpaired) electrons. The zero-order valence-electron chi connectivity index (χ0n) is 12.1. The van der Waals surface area contributed by atoms with E-state index in [0.717, 1.165) is 12.8 Å². The molecule has 2 rings (SSSR count). The van der Waals surface area contributed by atoms with E-state index < -0.39 is 11.2 Å². The van der Waals surface area contributed by atoms with Crippen molar-refractivity contribution in [3.8, 4) is 0 Å². The van der Waals surface area contributed by atoms with Gasteiger partial charge in [-0.3, -0.25) is 14.3 Å². The number of nitrogens with two attached hydrogens (primary N) is 1. The molecular weight excluding hydrogens is 268 g/mol. The molecule has 2 aromatic rings. The zero-order valence-corrected chi connectivity index (χ0v) is 12.1. The summed E-state index contributed by atoms with van der Waals surface area (Å²) >= 11 is 0. The summed E-state index contributed by atoms with van der Waals surface area (Å²) in [6.45, 7) is 3.00. The molecule has 0 amide bonds. The van der Waals surface area contributed by atoms with Crippen LogP contribution in [0.4, 0.5) is 11.5 Å². The lowest BCUT2D eigenvalue weighted by molar-refractivity contribution is 0.642. The second-order valence-electron chi connectivity index (χ2n) is 4.83. The third-order valence-electron chi connectivity index (χ3n) is 3.25. The third kappa shape index (κ3) is 3.53. The van der Waals surface area contributed by atoms with Crippen molar-refractivity contribution in [3.05, 3.63) is 56.7 Å². The number of aromatic amines is 1. The Kier molecular flexibility index (Phi) is 4.81. The molecule has 1 aromatic carbocycles. The van der Waals surface area contributed by atoms with Crippen LogP contribution in [0.3, 0.4) is 0 Å². The Morgan fingerprint density at radius 1 is 1.24 bits per heavy atom. The fourth-order valence-electron chi connectivity index (χ4n) is 2.18. The molecule has 0 saturated heterocycles. The Labute approximate surface area is 122 Å². The summed E-state index contributed by atoms with van der Waals surface area (Å²) in [6.07, 6.45) is 1.53. The van der Waals surface area contributed by atoms with E-state index in [2.05, 4.69) is 10.3 Å². The molecule has 0 aliphatic rings. The van der Waals surface area contributed by atoms with Crippen molar-refractivity contribution in [3.63, 3.8) is 0 Å². The third-order valence-corrected chi connectivity index (χ3v) is 3.25. The van der Waals surface area contributed by atoms with E-state index in [1.54, 1.807) is 0 Å². The molecule has 0 atom stereocenters. The Morgan fingerprint density at radius 2 is 1.95 bits per heavy atom. The highest BCUT2D eigenvalue weighted by molar-refractivity contribution is 5.60. The van der Waals surface area contributed by atoms with Crippen LogP contribution in [0.25, 0.3) is 0 Å². The molecule has 1 aromatic heterocycles. The predicted molar refractivity (Wildman–Crippen MR) is 84.7 cm³/mol. The summed E-state index contributed by atoms with van der Waals surface area (Å²) in [6, 6.07) is 9.94. The van der Waals surface area contributed by atoms with Crippen molar-refractivity contribution >= 4 is 11.5 Å². The lowest BCUT2D eigenvalue weighted by Crippen LogP contribution is -2.34. The maximum Gasteiger partial charge on any atom is 0.330 e. The first-order chi connectivity index (χ1) is 10.1. The van der Waals surface area contributed by atoms with Crippen LogP contribution in [0, 0.1) is 0 Å². The van der Waals surface area contributed by atoms with Crippen LogP contribution in [-0.4, -0.2) is 16.1 Å². The SMILES string of the molecule is CCCn1c(N)c(NCCc2ccccc2)c(=O)[nH]c1=O. The fraction of sp³-hybridized carbons (Fsp3) is 0.333. The molecule has 4 N–H and O–H groups in total. The highest BCUT2D eigenvalue weighted by atomic mass is 16.2. The molecule has 0 unspecified atom stereocenters. The highest BCUT2D eigenvalue weighted by Crippen LogP contribution is 2.10. The number of nitrogens with one attached hydrogen (secondary N) is 2. The van der Waals surface area contributed by atoms with E-state index in [-0.39, 0.29) is 11.5 Å². The van der Waals surface area contributed by atoms with Gasteiger partial charge >= 0.3 is 5.69 Å². The monoisotopic (exact) mass is 288 g/mol. The molecule has 21 heavy (non-hydrogen) atoms. The molecule has 0 aliphatic heterocycles. The standard InChI is InChI=1S/C15H20N4O2/c1-2-10-19-13(16)12(14(20)18-15(19)21)17-9-8-11-6-4-3-5-7-11/h3-7,17H,2,8-10,16H2,1H3,(H,18,20,21). The van der Waals surface area contributed by atoms with Crippen LogP contribution in [-0.2, 0) is 13.0 Å². The van der Waals surface area contributed by atoms with Crippen molar-refractivity contribution in [2.75, 3.05) is 17.6 Å². The van der Waals surface area contributed by atoms with E-state index in [1.807, 2.05) is 37.3 Å². The molecule has 1 heterocycles. The number of H-pyrrole nitrogens is 1. The van der Waals surface area contributed by atoms with Crippen LogP contribution in [0.1, 0.15) is 18.9 Å². The summed E-state index contributed by atoms with van der Waals surface area (Å²) < 4.78 is 1.38. The zero-order chi connectivity index (χ0) is 15.2. The number of hydrogen-bond donors (Lipinski definition) is 3. The molecule has 0 aliphatic carbocycles. The van der Waals surface area contributed by atoms with Gasteiger partial charge in [0.25, 0.3) is 5.56 Å². The second kappa shape index (κ2) is 6.78. The van der Waals surface area contributed by atoms with Crippen LogP contribution in [0.2, 0.25) is 0 Å². The minimum absolute atomic E-state index is 0.193. The van der Waals surface area contributed by atoms with Gasteiger partial charge in [-0.1, -0.05) is 37.3 Å². The van der Waals surface area contributed by atoms with Gasteiger partial charge in [0.2, 0.25) is 0 Å². The molecular formula is C15H20N4O2. The van der Waals surface area contributed by atoms with Gasteiger partial charge in [-0.25, -0.2) is 4.79 Å². The number of anilines is 2. The molecule has 0 bridgehead atoms. The molecule has 0 fully saturated rings. The quantitative estimate of drug-likeness (QED) is 0.744.